The van der Waals surface area contributed by atoms with E-state index in [4.69, 9.17) is 10.6 Å². The SMILES string of the molecule is CCCn1ncc(OC)c1C(NN)c1ccc(F)cc1C. The van der Waals surface area contributed by atoms with Gasteiger partial charge >= 0.3 is 0 Å². The van der Waals surface area contributed by atoms with E-state index in [9.17, 15) is 4.39 Å². The highest BCUT2D eigenvalue weighted by molar-refractivity contribution is 5.40. The molecule has 0 fully saturated rings. The topological polar surface area (TPSA) is 65.1 Å². The quantitative estimate of drug-likeness (QED) is 0.633. The Labute approximate surface area is 123 Å². The van der Waals surface area contributed by atoms with Gasteiger partial charge in [0.25, 0.3) is 0 Å². The maximum atomic E-state index is 13.3. The van der Waals surface area contributed by atoms with Crippen LogP contribution in [0.25, 0.3) is 0 Å². The molecule has 1 atom stereocenters. The summed E-state index contributed by atoms with van der Waals surface area (Å²) < 4.78 is 20.6. The Morgan fingerprint density at radius 2 is 2.24 bits per heavy atom. The molecule has 5 nitrogen and oxygen atoms in total. The molecule has 0 saturated carbocycles. The van der Waals surface area contributed by atoms with E-state index in [1.165, 1.54) is 12.1 Å². The van der Waals surface area contributed by atoms with Crippen molar-refractivity contribution in [3.05, 3.63) is 47.0 Å². The molecule has 0 aliphatic carbocycles. The van der Waals surface area contributed by atoms with Gasteiger partial charge in [0.2, 0.25) is 0 Å². The number of nitrogens with two attached hydrogens (primary N) is 1. The van der Waals surface area contributed by atoms with Crippen LogP contribution < -0.4 is 16.0 Å². The second-order valence-electron chi connectivity index (χ2n) is 4.92. The summed E-state index contributed by atoms with van der Waals surface area (Å²) in [5.74, 6) is 6.15. The zero-order valence-corrected chi connectivity index (χ0v) is 12.6. The number of hydrogen-bond acceptors (Lipinski definition) is 4. The number of halogens is 1. The van der Waals surface area contributed by atoms with Gasteiger partial charge in [-0.25, -0.2) is 9.82 Å². The van der Waals surface area contributed by atoms with Crippen LogP contribution in [0.4, 0.5) is 4.39 Å². The van der Waals surface area contributed by atoms with Gasteiger partial charge in [0.05, 0.1) is 19.3 Å². The van der Waals surface area contributed by atoms with Crippen molar-refractivity contribution in [2.24, 2.45) is 5.84 Å². The minimum absolute atomic E-state index is 0.263. The average molecular weight is 292 g/mol. The van der Waals surface area contributed by atoms with E-state index >= 15 is 0 Å². The Kier molecular flexibility index (Phi) is 4.93. The first-order valence-electron chi connectivity index (χ1n) is 6.94. The molecule has 0 bridgehead atoms. The highest BCUT2D eigenvalue weighted by Gasteiger charge is 2.24. The van der Waals surface area contributed by atoms with E-state index in [0.717, 1.165) is 29.8 Å². The standard InChI is InChI=1S/C15H21FN4O/c1-4-7-20-15(13(21-3)9-18-20)14(19-17)12-6-5-11(16)8-10(12)2/h5-6,8-9,14,19H,4,7,17H2,1-3H3. The molecule has 0 saturated heterocycles. The third kappa shape index (κ3) is 3.06. The van der Waals surface area contributed by atoms with Crippen molar-refractivity contribution in [1.29, 1.82) is 0 Å². The third-order valence-electron chi connectivity index (χ3n) is 3.48. The number of hydrogen-bond donors (Lipinski definition) is 2. The Balaban J connectivity index is 2.52. The fraction of sp³-hybridized carbons (Fsp3) is 0.400. The van der Waals surface area contributed by atoms with Gasteiger partial charge in [0.1, 0.15) is 11.5 Å². The van der Waals surface area contributed by atoms with Gasteiger partial charge in [-0.3, -0.25) is 10.5 Å². The average Bonchev–Trinajstić information content (AvgIpc) is 2.85. The van der Waals surface area contributed by atoms with Crippen LogP contribution in [0.3, 0.4) is 0 Å². The molecule has 0 amide bonds. The zero-order chi connectivity index (χ0) is 15.4. The van der Waals surface area contributed by atoms with Crippen molar-refractivity contribution in [2.75, 3.05) is 7.11 Å². The van der Waals surface area contributed by atoms with Crippen molar-refractivity contribution in [1.82, 2.24) is 15.2 Å². The number of nitrogens with one attached hydrogen (secondary N) is 1. The molecular formula is C15H21FN4O. The lowest BCUT2D eigenvalue weighted by atomic mass is 9.98. The number of aryl methyl sites for hydroxylation is 2. The number of nitrogens with zero attached hydrogens (tertiary/aromatic N) is 2. The van der Waals surface area contributed by atoms with E-state index in [2.05, 4.69) is 17.4 Å². The van der Waals surface area contributed by atoms with Gasteiger partial charge in [-0.05, 0) is 36.6 Å². The number of aromatic nitrogens is 2. The number of rotatable bonds is 6. The second kappa shape index (κ2) is 6.69. The summed E-state index contributed by atoms with van der Waals surface area (Å²) in [6, 6.07) is 4.35. The maximum Gasteiger partial charge on any atom is 0.161 e. The summed E-state index contributed by atoms with van der Waals surface area (Å²) in [6.45, 7) is 4.69. The highest BCUT2D eigenvalue weighted by Crippen LogP contribution is 2.31. The van der Waals surface area contributed by atoms with Crippen molar-refractivity contribution in [3.63, 3.8) is 0 Å². The summed E-state index contributed by atoms with van der Waals surface area (Å²) in [5.41, 5.74) is 5.36. The summed E-state index contributed by atoms with van der Waals surface area (Å²) in [7, 11) is 1.60. The maximum absolute atomic E-state index is 13.3. The van der Waals surface area contributed by atoms with E-state index < -0.39 is 0 Å². The summed E-state index contributed by atoms with van der Waals surface area (Å²) in [4.78, 5) is 0. The smallest absolute Gasteiger partial charge is 0.161 e. The van der Waals surface area contributed by atoms with Crippen LogP contribution >= 0.6 is 0 Å². The largest absolute Gasteiger partial charge is 0.493 e. The third-order valence-corrected chi connectivity index (χ3v) is 3.48. The van der Waals surface area contributed by atoms with Crippen molar-refractivity contribution in [3.8, 4) is 5.75 Å². The molecule has 114 valence electrons. The van der Waals surface area contributed by atoms with Crippen LogP contribution in [0.15, 0.2) is 24.4 Å². The predicted molar refractivity (Wildman–Crippen MR) is 79.4 cm³/mol. The van der Waals surface area contributed by atoms with Crippen LogP contribution in [-0.2, 0) is 6.54 Å². The first-order chi connectivity index (χ1) is 10.1. The van der Waals surface area contributed by atoms with Crippen LogP contribution in [0, 0.1) is 12.7 Å². The van der Waals surface area contributed by atoms with Gasteiger partial charge in [0.15, 0.2) is 5.75 Å². The lowest BCUT2D eigenvalue weighted by Gasteiger charge is -2.21. The molecule has 3 N–H and O–H groups in total. The molecule has 1 aromatic carbocycles. The Bertz CT molecular complexity index is 612. The molecule has 0 spiro atoms. The molecule has 0 aliphatic heterocycles. The van der Waals surface area contributed by atoms with E-state index in [1.807, 2.05) is 11.6 Å². The van der Waals surface area contributed by atoms with Gasteiger partial charge < -0.3 is 4.74 Å². The number of methoxy groups -OCH3 is 1. The Morgan fingerprint density at radius 1 is 1.48 bits per heavy atom. The number of ether oxygens (including phenoxy) is 1. The lowest BCUT2D eigenvalue weighted by molar-refractivity contribution is 0.398. The lowest BCUT2D eigenvalue weighted by Crippen LogP contribution is -2.31. The first-order valence-corrected chi connectivity index (χ1v) is 6.94. The Morgan fingerprint density at radius 3 is 2.81 bits per heavy atom. The summed E-state index contributed by atoms with van der Waals surface area (Å²) >= 11 is 0. The summed E-state index contributed by atoms with van der Waals surface area (Å²) in [6.07, 6.45) is 2.62. The van der Waals surface area contributed by atoms with Gasteiger partial charge in [0, 0.05) is 6.54 Å². The molecule has 2 rings (SSSR count). The first kappa shape index (κ1) is 15.5. The van der Waals surface area contributed by atoms with E-state index in [1.54, 1.807) is 19.4 Å². The van der Waals surface area contributed by atoms with E-state index in [0.29, 0.717) is 5.75 Å². The molecule has 1 heterocycles. The van der Waals surface area contributed by atoms with Gasteiger partial charge in [-0.1, -0.05) is 13.0 Å². The van der Waals surface area contributed by atoms with Gasteiger partial charge in [-0.15, -0.1) is 0 Å². The van der Waals surface area contributed by atoms with Crippen molar-refractivity contribution in [2.45, 2.75) is 32.9 Å². The minimum Gasteiger partial charge on any atom is -0.493 e. The molecule has 0 aliphatic rings. The van der Waals surface area contributed by atoms with Crippen LogP contribution in [0.2, 0.25) is 0 Å². The minimum atomic E-state index is -0.311. The monoisotopic (exact) mass is 292 g/mol. The molecule has 6 heteroatoms. The number of benzene rings is 1. The predicted octanol–water partition coefficient (Wildman–Crippen LogP) is 2.30. The highest BCUT2D eigenvalue weighted by atomic mass is 19.1. The molecule has 1 unspecified atom stereocenters. The normalized spacial score (nSPS) is 12.4. The van der Waals surface area contributed by atoms with E-state index in [-0.39, 0.29) is 11.9 Å². The summed E-state index contributed by atoms with van der Waals surface area (Å²) in [5, 5.41) is 4.34. The molecular weight excluding hydrogens is 271 g/mol. The van der Waals surface area contributed by atoms with Crippen LogP contribution in [0.5, 0.6) is 5.75 Å². The fourth-order valence-electron chi connectivity index (χ4n) is 2.50. The number of hydrazine groups is 1. The molecule has 21 heavy (non-hydrogen) atoms. The zero-order valence-electron chi connectivity index (χ0n) is 12.6. The molecule has 2 aromatic rings. The second-order valence-corrected chi connectivity index (χ2v) is 4.92. The molecule has 0 radical (unpaired) electrons. The fourth-order valence-corrected chi connectivity index (χ4v) is 2.50. The van der Waals surface area contributed by atoms with Crippen molar-refractivity contribution >= 4 is 0 Å². The Hall–Kier alpha value is -1.92. The molecule has 1 aromatic heterocycles. The van der Waals surface area contributed by atoms with Gasteiger partial charge in [-0.2, -0.15) is 5.10 Å². The van der Waals surface area contributed by atoms with Crippen molar-refractivity contribution < 1.29 is 9.13 Å². The van der Waals surface area contributed by atoms with Crippen LogP contribution in [0.1, 0.15) is 36.2 Å². The van der Waals surface area contributed by atoms with Crippen LogP contribution in [-0.4, -0.2) is 16.9 Å².